The molecule has 2 fully saturated rings. The van der Waals surface area contributed by atoms with Gasteiger partial charge >= 0.3 is 17.6 Å². The van der Waals surface area contributed by atoms with Crippen LogP contribution in [0.4, 0.5) is 11.4 Å². The summed E-state index contributed by atoms with van der Waals surface area (Å²) in [4.78, 5) is 47.3. The van der Waals surface area contributed by atoms with Crippen molar-refractivity contribution < 1.29 is 36.9 Å². The van der Waals surface area contributed by atoms with Crippen LogP contribution in [0.3, 0.4) is 0 Å². The molecule has 6 aromatic rings. The summed E-state index contributed by atoms with van der Waals surface area (Å²) in [6.45, 7) is 43.8. The van der Waals surface area contributed by atoms with Crippen LogP contribution in [-0.2, 0) is 51.5 Å². The van der Waals surface area contributed by atoms with E-state index in [1.54, 1.807) is 11.8 Å². The highest BCUT2D eigenvalue weighted by Gasteiger charge is 2.79. The van der Waals surface area contributed by atoms with Crippen LogP contribution in [0.1, 0.15) is 150 Å². The van der Waals surface area contributed by atoms with Gasteiger partial charge in [0.25, 0.3) is 0 Å². The van der Waals surface area contributed by atoms with E-state index in [1.165, 1.54) is 13.7 Å². The molecule has 0 atom stereocenters. The van der Waals surface area contributed by atoms with Crippen LogP contribution in [-0.4, -0.2) is 105 Å². The van der Waals surface area contributed by atoms with Gasteiger partial charge in [-0.25, -0.2) is 9.36 Å². The van der Waals surface area contributed by atoms with Crippen molar-refractivity contribution in [1.29, 1.82) is 0 Å². The number of anilines is 2. The molecule has 2 amide bonds. The molecule has 452 valence electrons. The quantitative estimate of drug-likeness (QED) is 0.149. The Morgan fingerprint density at radius 2 is 0.880 bits per heavy atom. The second-order valence-corrected chi connectivity index (χ2v) is 34.4. The lowest BCUT2D eigenvalue weighted by molar-refractivity contribution is -0.133. The normalized spacial score (nSPS) is 19.4. The molecule has 10 rings (SSSR count). The molecule has 2 aromatic heterocycles. The topological polar surface area (TPSA) is 179 Å². The molecule has 16 nitrogen and oxygen atoms in total. The van der Waals surface area contributed by atoms with Crippen molar-refractivity contribution in [3.63, 3.8) is 0 Å². The molecule has 2 bridgehead atoms. The zero-order chi connectivity index (χ0) is 62.5. The monoisotopic (exact) mass is 1190 g/mol. The predicted octanol–water partition coefficient (Wildman–Crippen LogP) is 13.8. The Kier molecular flexibility index (Phi) is 19.2. The number of hydrogen-bond donors (Lipinski definition) is 2. The van der Waals surface area contributed by atoms with E-state index >= 15 is 0 Å². The first-order valence-electron chi connectivity index (χ1n) is 28.4. The summed E-state index contributed by atoms with van der Waals surface area (Å²) < 4.78 is 27.0. The van der Waals surface area contributed by atoms with Gasteiger partial charge in [0.2, 0.25) is 11.8 Å². The van der Waals surface area contributed by atoms with Crippen LogP contribution in [0, 0.1) is 10.8 Å². The zero-order valence-electron chi connectivity index (χ0n) is 54.0. The highest BCUT2D eigenvalue weighted by atomic mass is 32.2. The Bertz CT molecular complexity index is 3260. The molecule has 4 aromatic carbocycles. The van der Waals surface area contributed by atoms with Crippen LogP contribution >= 0.6 is 11.8 Å². The van der Waals surface area contributed by atoms with Gasteiger partial charge < -0.3 is 37.1 Å². The van der Waals surface area contributed by atoms with Gasteiger partial charge in [-0.05, 0) is 112 Å². The van der Waals surface area contributed by atoms with Gasteiger partial charge in [0.1, 0.15) is 17.0 Å². The number of rotatable bonds is 1. The first-order valence-corrected chi connectivity index (χ1v) is 34.1. The highest BCUT2D eigenvalue weighted by molar-refractivity contribution is 7.97. The van der Waals surface area contributed by atoms with Crippen molar-refractivity contribution in [2.24, 2.45) is 10.8 Å². The summed E-state index contributed by atoms with van der Waals surface area (Å²) in [5.74, 6) is 0.185. The molecular weight excluding hydrogens is 1100 g/mol. The number of aromatic nitrogens is 6. The standard InChI is InChI=1S/2C24H28N4O.C12H24O3Si.C2H8O3Si.C2H6S/c1-23(2,3)22(29)27-15-16-11-7-8-12-17(16)21-20(18-13-9-10-14-19(18)27)25-26-28(21)24(4,5)6;1-23(2,3)22(29)27-15-16-11-7-8-12-17(16)20-21(18-13-9-10-14-19(18)27)28(26-25-20)24(4,5)6;1-9(2,3)16-13-10(4,5)12(8,15-16)11(6,7)14-16;1-5-6(2,3)4;1-3-2/h2*7-14H,15H2,1-6H3;1-8H3;3-4H,1-2H3;1-2H3. The SMILES string of the molecule is CC(C)(C)C(=O)N1Cc2ccccc2-c2c(nnn2C(C)(C)C)-c2ccccc21.CC(C)(C)C(=O)N1Cc2ccccc2-c2nnn(C(C)(C)C)c2-c2ccccc21.CC1(C)O[Si]2(C(C)(C)C)OC(C)(C)C1(C)O2.CO[Si](C)(O)O.CSC. The smallest absolute Gasteiger partial charge is 0.390 e. The molecule has 0 aliphatic carbocycles. The number of thioether (sulfide) groups is 1. The van der Waals surface area contributed by atoms with Gasteiger partial charge in [-0.3, -0.25) is 9.59 Å². The van der Waals surface area contributed by atoms with Crippen LogP contribution < -0.4 is 9.80 Å². The fraction of sp³-hybridized carbons (Fsp3) is 0.531. The molecule has 83 heavy (non-hydrogen) atoms. The van der Waals surface area contributed by atoms with E-state index in [9.17, 15) is 9.59 Å². The van der Waals surface area contributed by atoms with E-state index < -0.39 is 28.4 Å². The molecule has 0 saturated carbocycles. The zero-order valence-corrected chi connectivity index (χ0v) is 56.8. The molecule has 0 unspecified atom stereocenters. The van der Waals surface area contributed by atoms with Crippen LogP contribution in [0.25, 0.3) is 45.0 Å². The fourth-order valence-corrected chi connectivity index (χ4v) is 14.1. The largest absolute Gasteiger partial charge is 0.508 e. The van der Waals surface area contributed by atoms with Crippen molar-refractivity contribution in [1.82, 2.24) is 30.0 Å². The Balaban J connectivity index is 0.000000192. The first kappa shape index (κ1) is 66.8. The summed E-state index contributed by atoms with van der Waals surface area (Å²) in [7, 11) is -4.44. The summed E-state index contributed by atoms with van der Waals surface area (Å²) in [5, 5.41) is 18.2. The van der Waals surface area contributed by atoms with E-state index in [-0.39, 0.29) is 44.7 Å². The number of benzene rings is 4. The predicted molar refractivity (Wildman–Crippen MR) is 341 cm³/mol. The number of fused-ring (bicyclic) bond motifs is 12. The Labute approximate surface area is 501 Å². The van der Waals surface area contributed by atoms with Crippen LogP contribution in [0.5, 0.6) is 0 Å². The molecule has 19 heteroatoms. The first-order chi connectivity index (χ1) is 38.0. The van der Waals surface area contributed by atoms with E-state index in [0.29, 0.717) is 13.1 Å². The third-order valence-electron chi connectivity index (χ3n) is 15.2. The maximum Gasteiger partial charge on any atom is 0.508 e. The molecular formula is C64H94N8O8SSi2. The van der Waals surface area contributed by atoms with E-state index in [4.69, 9.17) is 22.9 Å². The third-order valence-corrected chi connectivity index (χ3v) is 20.1. The minimum Gasteiger partial charge on any atom is -0.390 e. The van der Waals surface area contributed by atoms with E-state index in [1.807, 2.05) is 140 Å². The number of nitrogens with zero attached hydrogens (tertiary/aromatic N) is 8. The van der Waals surface area contributed by atoms with Crippen molar-refractivity contribution >= 4 is 52.6 Å². The lowest BCUT2D eigenvalue weighted by atomic mass is 9.76. The van der Waals surface area contributed by atoms with Gasteiger partial charge in [0.15, 0.2) is 0 Å². The van der Waals surface area contributed by atoms with Crippen LogP contribution in [0.15, 0.2) is 97.1 Å². The Hall–Kier alpha value is -5.36. The third kappa shape index (κ3) is 13.7. The average Bonchev–Trinajstić information content (AvgIpc) is 1.68. The molecule has 0 radical (unpaired) electrons. The molecule has 6 heterocycles. The van der Waals surface area contributed by atoms with Crippen molar-refractivity contribution in [2.75, 3.05) is 29.4 Å². The Morgan fingerprint density at radius 3 is 1.24 bits per heavy atom. The summed E-state index contributed by atoms with van der Waals surface area (Å²) in [5.41, 5.74) is 9.21. The lowest BCUT2D eigenvalue weighted by Gasteiger charge is -2.48. The number of para-hydroxylation sites is 2. The van der Waals surface area contributed by atoms with E-state index in [0.717, 1.165) is 67.5 Å². The van der Waals surface area contributed by atoms with Gasteiger partial charge in [-0.15, -0.1) is 10.2 Å². The van der Waals surface area contributed by atoms with Gasteiger partial charge in [-0.2, -0.15) is 11.8 Å². The number of amides is 2. The molecule has 0 spiro atoms. The molecule has 4 aliphatic heterocycles. The maximum absolute atomic E-state index is 13.5. The highest BCUT2D eigenvalue weighted by Crippen LogP contribution is 2.62. The number of carbonyl (C=O) groups is 2. The second kappa shape index (κ2) is 23.8. The summed E-state index contributed by atoms with van der Waals surface area (Å²) in [6.07, 6.45) is 4.08. The number of hydrogen-bond acceptors (Lipinski definition) is 13. The molecule has 2 N–H and O–H groups in total. The molecule has 4 aliphatic rings. The summed E-state index contributed by atoms with van der Waals surface area (Å²) >= 11 is 1.75. The second-order valence-electron chi connectivity index (χ2n) is 28.1. The van der Waals surface area contributed by atoms with Gasteiger partial charge in [-0.1, -0.05) is 158 Å². The van der Waals surface area contributed by atoms with Gasteiger partial charge in [0, 0.05) is 51.8 Å². The lowest BCUT2D eigenvalue weighted by Crippen LogP contribution is -2.63. The van der Waals surface area contributed by atoms with Gasteiger partial charge in [0.05, 0.1) is 58.1 Å². The Morgan fingerprint density at radius 1 is 0.554 bits per heavy atom. The van der Waals surface area contributed by atoms with Crippen molar-refractivity contribution in [3.05, 3.63) is 108 Å². The average molecular weight is 1190 g/mol. The van der Waals surface area contributed by atoms with Crippen molar-refractivity contribution in [3.8, 4) is 45.0 Å². The maximum atomic E-state index is 13.5. The summed E-state index contributed by atoms with van der Waals surface area (Å²) in [6, 6.07) is 32.5. The van der Waals surface area contributed by atoms with E-state index in [2.05, 4.69) is 152 Å². The minimum absolute atomic E-state index is 0.0736. The fourth-order valence-electron chi connectivity index (χ4n) is 10.3. The minimum atomic E-state index is -3.13. The van der Waals surface area contributed by atoms with Crippen LogP contribution in [0.2, 0.25) is 11.6 Å². The van der Waals surface area contributed by atoms with Crippen molar-refractivity contribution in [2.45, 2.75) is 191 Å². The number of carbonyl (C=O) groups excluding carboxylic acids is 2. The molecule has 2 saturated heterocycles.